The van der Waals surface area contributed by atoms with Gasteiger partial charge in [0.1, 0.15) is 6.04 Å². The molecule has 2 rings (SSSR count). The van der Waals surface area contributed by atoms with Crippen LogP contribution in [-0.4, -0.2) is 23.8 Å². The highest BCUT2D eigenvalue weighted by Gasteiger charge is 2.28. The number of hydrogen-bond acceptors (Lipinski definition) is 5. The molecule has 100 valence electrons. The SMILES string of the molecule is Nc1cccc(C(=O)NC2CCC(=O)NC2=O)c1S. The van der Waals surface area contributed by atoms with E-state index in [2.05, 4.69) is 23.3 Å². The Hall–Kier alpha value is -2.02. The van der Waals surface area contributed by atoms with Crippen LogP contribution in [0.4, 0.5) is 5.69 Å². The molecule has 1 aliphatic rings. The lowest BCUT2D eigenvalue weighted by atomic mass is 10.1. The zero-order chi connectivity index (χ0) is 14.0. The molecule has 0 saturated carbocycles. The van der Waals surface area contributed by atoms with Crippen molar-refractivity contribution in [2.24, 2.45) is 0 Å². The summed E-state index contributed by atoms with van der Waals surface area (Å²) in [5.41, 5.74) is 6.34. The van der Waals surface area contributed by atoms with Gasteiger partial charge in [-0.3, -0.25) is 19.7 Å². The molecule has 1 saturated heterocycles. The van der Waals surface area contributed by atoms with E-state index in [9.17, 15) is 14.4 Å². The summed E-state index contributed by atoms with van der Waals surface area (Å²) >= 11 is 4.16. The Labute approximate surface area is 115 Å². The van der Waals surface area contributed by atoms with Gasteiger partial charge < -0.3 is 11.1 Å². The molecule has 4 N–H and O–H groups in total. The molecule has 1 aromatic carbocycles. The minimum Gasteiger partial charge on any atom is -0.398 e. The number of amides is 3. The van der Waals surface area contributed by atoms with E-state index in [0.29, 0.717) is 22.6 Å². The van der Waals surface area contributed by atoms with Crippen LogP contribution < -0.4 is 16.4 Å². The van der Waals surface area contributed by atoms with Gasteiger partial charge in [0.2, 0.25) is 11.8 Å². The molecular formula is C12H13N3O3S. The molecule has 6 nitrogen and oxygen atoms in total. The highest BCUT2D eigenvalue weighted by atomic mass is 32.1. The molecule has 7 heteroatoms. The summed E-state index contributed by atoms with van der Waals surface area (Å²) in [5, 5.41) is 4.74. The first-order valence-corrected chi connectivity index (χ1v) is 6.16. The van der Waals surface area contributed by atoms with Crippen molar-refractivity contribution >= 4 is 36.0 Å². The van der Waals surface area contributed by atoms with Gasteiger partial charge in [-0.2, -0.15) is 0 Å². The van der Waals surface area contributed by atoms with Crippen LogP contribution in [0.3, 0.4) is 0 Å². The van der Waals surface area contributed by atoms with Crippen molar-refractivity contribution in [1.82, 2.24) is 10.6 Å². The van der Waals surface area contributed by atoms with E-state index in [1.807, 2.05) is 0 Å². The fourth-order valence-electron chi connectivity index (χ4n) is 1.81. The van der Waals surface area contributed by atoms with E-state index in [1.165, 1.54) is 0 Å². The van der Waals surface area contributed by atoms with Crippen molar-refractivity contribution < 1.29 is 14.4 Å². The number of nitrogen functional groups attached to an aromatic ring is 1. The highest BCUT2D eigenvalue weighted by Crippen LogP contribution is 2.21. The lowest BCUT2D eigenvalue weighted by Gasteiger charge is -2.22. The molecule has 0 spiro atoms. The third-order valence-electron chi connectivity index (χ3n) is 2.86. The van der Waals surface area contributed by atoms with E-state index in [1.54, 1.807) is 18.2 Å². The predicted octanol–water partition coefficient (Wildman–Crippen LogP) is 0.0925. The zero-order valence-electron chi connectivity index (χ0n) is 9.97. The van der Waals surface area contributed by atoms with Gasteiger partial charge in [-0.05, 0) is 18.6 Å². The Morgan fingerprint density at radius 2 is 2.16 bits per heavy atom. The number of anilines is 1. The number of hydrogen-bond donors (Lipinski definition) is 4. The maximum atomic E-state index is 12.0. The molecule has 0 aliphatic carbocycles. The monoisotopic (exact) mass is 279 g/mol. The minimum absolute atomic E-state index is 0.210. The molecule has 1 aromatic rings. The third-order valence-corrected chi connectivity index (χ3v) is 3.36. The van der Waals surface area contributed by atoms with E-state index >= 15 is 0 Å². The first-order valence-electron chi connectivity index (χ1n) is 5.71. The molecule has 0 aromatic heterocycles. The minimum atomic E-state index is -0.709. The lowest BCUT2D eigenvalue weighted by Crippen LogP contribution is -2.52. The molecule has 1 aliphatic heterocycles. The first kappa shape index (κ1) is 13.4. The summed E-state index contributed by atoms with van der Waals surface area (Å²) in [6.45, 7) is 0. The van der Waals surface area contributed by atoms with Crippen molar-refractivity contribution in [3.63, 3.8) is 0 Å². The topological polar surface area (TPSA) is 101 Å². The van der Waals surface area contributed by atoms with E-state index in [-0.39, 0.29) is 12.3 Å². The average Bonchev–Trinajstić information content (AvgIpc) is 2.36. The van der Waals surface area contributed by atoms with Gasteiger partial charge in [0, 0.05) is 17.0 Å². The third kappa shape index (κ3) is 2.87. The van der Waals surface area contributed by atoms with Crippen molar-refractivity contribution in [1.29, 1.82) is 0 Å². The number of thiol groups is 1. The summed E-state index contributed by atoms with van der Waals surface area (Å²) in [4.78, 5) is 34.9. The standard InChI is InChI=1S/C12H13N3O3S/c13-7-3-1-2-6(10(7)19)11(17)14-8-4-5-9(16)15-12(8)18/h1-3,8,19H,4-5,13H2,(H,14,17)(H,15,16,18). The van der Waals surface area contributed by atoms with E-state index in [4.69, 9.17) is 5.73 Å². The Morgan fingerprint density at radius 1 is 1.42 bits per heavy atom. The van der Waals surface area contributed by atoms with Crippen molar-refractivity contribution in [2.45, 2.75) is 23.8 Å². The maximum Gasteiger partial charge on any atom is 0.253 e. The van der Waals surface area contributed by atoms with Crippen LogP contribution in [0.1, 0.15) is 23.2 Å². The summed E-state index contributed by atoms with van der Waals surface area (Å²) in [6, 6.07) is 4.12. The lowest BCUT2D eigenvalue weighted by molar-refractivity contribution is -0.134. The average molecular weight is 279 g/mol. The van der Waals surface area contributed by atoms with Crippen molar-refractivity contribution in [3.8, 4) is 0 Å². The summed E-state index contributed by atoms with van der Waals surface area (Å²) < 4.78 is 0. The molecular weight excluding hydrogens is 266 g/mol. The van der Waals surface area contributed by atoms with Crippen LogP contribution >= 0.6 is 12.6 Å². The summed E-state index contributed by atoms with van der Waals surface area (Å²) in [7, 11) is 0. The van der Waals surface area contributed by atoms with Gasteiger partial charge in [0.05, 0.1) is 5.56 Å². The van der Waals surface area contributed by atoms with Gasteiger partial charge >= 0.3 is 0 Å². The van der Waals surface area contributed by atoms with Crippen molar-refractivity contribution in [2.75, 3.05) is 5.73 Å². The maximum absolute atomic E-state index is 12.0. The Kier molecular flexibility index (Phi) is 3.75. The number of carbonyl (C=O) groups is 3. The zero-order valence-corrected chi connectivity index (χ0v) is 10.9. The molecule has 1 heterocycles. The highest BCUT2D eigenvalue weighted by molar-refractivity contribution is 7.80. The largest absolute Gasteiger partial charge is 0.398 e. The number of carbonyl (C=O) groups excluding carboxylic acids is 3. The molecule has 1 atom stereocenters. The fraction of sp³-hybridized carbons (Fsp3) is 0.250. The van der Waals surface area contributed by atoms with Crippen LogP contribution in [0.5, 0.6) is 0 Å². The smallest absolute Gasteiger partial charge is 0.253 e. The van der Waals surface area contributed by atoms with Gasteiger partial charge in [-0.25, -0.2) is 0 Å². The number of nitrogens with two attached hydrogens (primary N) is 1. The van der Waals surface area contributed by atoms with E-state index < -0.39 is 17.9 Å². The van der Waals surface area contributed by atoms with Crippen LogP contribution in [-0.2, 0) is 9.59 Å². The second-order valence-electron chi connectivity index (χ2n) is 4.22. The van der Waals surface area contributed by atoms with Gasteiger partial charge in [-0.1, -0.05) is 6.07 Å². The number of nitrogens with one attached hydrogen (secondary N) is 2. The van der Waals surface area contributed by atoms with Gasteiger partial charge in [0.25, 0.3) is 5.91 Å². The molecule has 0 bridgehead atoms. The van der Waals surface area contributed by atoms with Gasteiger partial charge in [0.15, 0.2) is 0 Å². The second kappa shape index (κ2) is 5.31. The van der Waals surface area contributed by atoms with Crippen LogP contribution in [0, 0.1) is 0 Å². The van der Waals surface area contributed by atoms with E-state index in [0.717, 1.165) is 0 Å². The quantitative estimate of drug-likeness (QED) is 0.350. The van der Waals surface area contributed by atoms with Gasteiger partial charge in [-0.15, -0.1) is 12.6 Å². The van der Waals surface area contributed by atoms with Crippen LogP contribution in [0.2, 0.25) is 0 Å². The molecule has 0 radical (unpaired) electrons. The van der Waals surface area contributed by atoms with Crippen molar-refractivity contribution in [3.05, 3.63) is 23.8 Å². The number of benzene rings is 1. The Morgan fingerprint density at radius 3 is 2.84 bits per heavy atom. The van der Waals surface area contributed by atoms with Crippen LogP contribution in [0.25, 0.3) is 0 Å². The normalized spacial score (nSPS) is 18.9. The molecule has 3 amide bonds. The second-order valence-corrected chi connectivity index (χ2v) is 4.67. The fourth-order valence-corrected chi connectivity index (χ4v) is 2.06. The molecule has 1 fully saturated rings. The predicted molar refractivity (Wildman–Crippen MR) is 71.7 cm³/mol. The first-order chi connectivity index (χ1) is 8.99. The number of piperidine rings is 1. The summed E-state index contributed by atoms with van der Waals surface area (Å²) in [6.07, 6.45) is 0.502. The molecule has 1 unspecified atom stereocenters. The number of imide groups is 1. The number of rotatable bonds is 2. The summed E-state index contributed by atoms with van der Waals surface area (Å²) in [5.74, 6) is -1.25. The van der Waals surface area contributed by atoms with Crippen LogP contribution in [0.15, 0.2) is 23.1 Å². The molecule has 19 heavy (non-hydrogen) atoms. The Balaban J connectivity index is 2.11. The Bertz CT molecular complexity index is 559.